The molecule has 0 spiro atoms. The van der Waals surface area contributed by atoms with Gasteiger partial charge in [0.1, 0.15) is 22.6 Å². The molecule has 0 saturated heterocycles. The van der Waals surface area contributed by atoms with Crippen LogP contribution < -0.4 is 10.6 Å². The summed E-state index contributed by atoms with van der Waals surface area (Å²) in [5.41, 5.74) is 4.11. The highest BCUT2D eigenvalue weighted by molar-refractivity contribution is 6.24. The van der Waals surface area contributed by atoms with Crippen molar-refractivity contribution in [3.05, 3.63) is 52.5 Å². The highest BCUT2D eigenvalue weighted by Gasteiger charge is 2.64. The van der Waals surface area contributed by atoms with Gasteiger partial charge in [-0.25, -0.2) is 4.98 Å². The monoisotopic (exact) mass is 548 g/mol. The maximum atomic E-state index is 14.1. The van der Waals surface area contributed by atoms with E-state index in [4.69, 9.17) is 14.6 Å². The van der Waals surface area contributed by atoms with E-state index in [9.17, 15) is 29.7 Å². The number of nitrogens with two attached hydrogens (primary N) is 1. The molecule has 3 aliphatic carbocycles. The second-order valence-corrected chi connectivity index (χ2v) is 10.9. The summed E-state index contributed by atoms with van der Waals surface area (Å²) in [6, 6.07) is 4.07. The quantitative estimate of drug-likeness (QED) is 0.348. The molecule has 2 heterocycles. The van der Waals surface area contributed by atoms with E-state index in [1.165, 1.54) is 11.2 Å². The summed E-state index contributed by atoms with van der Waals surface area (Å²) in [4.78, 5) is 47.4. The number of aromatic nitrogens is 1. The standard InChI is InChI=1S/C28H28N4O8/c1-31(2)15-10-14-23(40-27(30-14)16-6-5-7-39-16)18-12(15)8-11-9-13-20(32(3)4)22(34)19(26(29)37)25(36)28(13,38)24(35)17(11)21(18)33/h5-7,10-11,13,20,33,36,38H,8-9H2,1-4H3,(H2,29,37)/t11-,13-,20-,28-/m0/s1. The van der Waals surface area contributed by atoms with Crippen molar-refractivity contribution >= 4 is 40.0 Å². The zero-order chi connectivity index (χ0) is 28.8. The van der Waals surface area contributed by atoms with Gasteiger partial charge in [0.2, 0.25) is 5.78 Å². The topological polar surface area (TPSA) is 184 Å². The number of carbonyl (C=O) groups excluding carboxylic acids is 3. The molecule has 40 heavy (non-hydrogen) atoms. The Hall–Kier alpha value is -4.42. The third-order valence-electron chi connectivity index (χ3n) is 8.29. The van der Waals surface area contributed by atoms with Crippen LogP contribution in [0.4, 0.5) is 5.69 Å². The van der Waals surface area contributed by atoms with E-state index in [2.05, 4.69) is 4.98 Å². The fraction of sp³-hybridized carbons (Fsp3) is 0.357. The normalized spacial score (nSPS) is 26.3. The van der Waals surface area contributed by atoms with E-state index in [0.717, 1.165) is 5.69 Å². The fourth-order valence-electron chi connectivity index (χ4n) is 6.58. The Balaban J connectivity index is 1.61. The van der Waals surface area contributed by atoms with Gasteiger partial charge in [0.15, 0.2) is 22.7 Å². The molecule has 208 valence electrons. The number of carbonyl (C=O) groups is 3. The van der Waals surface area contributed by atoms with Crippen molar-refractivity contribution in [1.82, 2.24) is 9.88 Å². The number of aliphatic hydroxyl groups excluding tert-OH is 2. The first-order valence-electron chi connectivity index (χ1n) is 12.7. The Morgan fingerprint density at radius 1 is 1.20 bits per heavy atom. The van der Waals surface area contributed by atoms with Crippen LogP contribution >= 0.6 is 0 Å². The fourth-order valence-corrected chi connectivity index (χ4v) is 6.58. The number of Topliss-reactive ketones (excluding diaryl/α,β-unsaturated/α-hetero) is 2. The summed E-state index contributed by atoms with van der Waals surface area (Å²) >= 11 is 0. The number of hydrogen-bond donors (Lipinski definition) is 4. The highest BCUT2D eigenvalue weighted by atomic mass is 16.4. The zero-order valence-electron chi connectivity index (χ0n) is 22.3. The van der Waals surface area contributed by atoms with Crippen LogP contribution in [0.1, 0.15) is 17.5 Å². The second-order valence-electron chi connectivity index (χ2n) is 10.9. The van der Waals surface area contributed by atoms with Gasteiger partial charge in [-0.2, -0.15) is 0 Å². The molecule has 12 nitrogen and oxygen atoms in total. The van der Waals surface area contributed by atoms with Gasteiger partial charge < -0.3 is 34.8 Å². The summed E-state index contributed by atoms with van der Waals surface area (Å²) in [7, 11) is 6.84. The number of oxazole rings is 1. The molecule has 1 fully saturated rings. The number of hydrogen-bond acceptors (Lipinski definition) is 11. The Morgan fingerprint density at radius 3 is 2.52 bits per heavy atom. The molecule has 4 atom stereocenters. The minimum absolute atomic E-state index is 0.0602. The molecule has 0 bridgehead atoms. The van der Waals surface area contributed by atoms with Crippen LogP contribution in [0.25, 0.3) is 28.5 Å². The average Bonchev–Trinajstić information content (AvgIpc) is 3.55. The lowest BCUT2D eigenvalue weighted by molar-refractivity contribution is -0.153. The molecule has 1 saturated carbocycles. The van der Waals surface area contributed by atoms with Crippen molar-refractivity contribution in [3.63, 3.8) is 0 Å². The summed E-state index contributed by atoms with van der Waals surface area (Å²) < 4.78 is 11.5. The first kappa shape index (κ1) is 25.8. The van der Waals surface area contributed by atoms with Crippen molar-refractivity contribution in [2.45, 2.75) is 24.5 Å². The molecule has 6 rings (SSSR count). The van der Waals surface area contributed by atoms with Gasteiger partial charge in [-0.3, -0.25) is 19.3 Å². The van der Waals surface area contributed by atoms with Crippen LogP contribution in [0.2, 0.25) is 0 Å². The van der Waals surface area contributed by atoms with Crippen LogP contribution in [0, 0.1) is 11.8 Å². The Kier molecular flexibility index (Phi) is 5.51. The molecule has 0 unspecified atom stereocenters. The van der Waals surface area contributed by atoms with Crippen molar-refractivity contribution in [1.29, 1.82) is 0 Å². The van der Waals surface area contributed by atoms with Gasteiger partial charge >= 0.3 is 0 Å². The number of primary amides is 1. The minimum Gasteiger partial charge on any atom is -0.508 e. The molecule has 12 heteroatoms. The van der Waals surface area contributed by atoms with Crippen molar-refractivity contribution < 1.29 is 38.5 Å². The number of anilines is 1. The van der Waals surface area contributed by atoms with Gasteiger partial charge in [-0.1, -0.05) is 0 Å². The second kappa shape index (κ2) is 8.54. The predicted molar refractivity (Wildman–Crippen MR) is 142 cm³/mol. The third kappa shape index (κ3) is 3.26. The van der Waals surface area contributed by atoms with Crippen molar-refractivity contribution in [2.24, 2.45) is 17.6 Å². The van der Waals surface area contributed by atoms with E-state index in [-0.39, 0.29) is 35.5 Å². The van der Waals surface area contributed by atoms with Gasteiger partial charge in [-0.05, 0) is 56.6 Å². The molecule has 0 aliphatic heterocycles. The SMILES string of the molecule is CN(C)c1cc2nc(-c3ccco3)oc2c2c1C[C@H]1C[C@H]3[C@H](N(C)C)C(=O)C(C(N)=O)=C(O)[C@@]3(O)C(=O)C1=C2O. The number of rotatable bonds is 4. The van der Waals surface area contributed by atoms with Crippen molar-refractivity contribution in [3.8, 4) is 11.7 Å². The van der Waals surface area contributed by atoms with E-state index in [1.807, 2.05) is 25.1 Å². The number of benzene rings is 1. The molecular weight excluding hydrogens is 520 g/mol. The lowest BCUT2D eigenvalue weighted by Gasteiger charge is -2.50. The molecule has 0 radical (unpaired) electrons. The number of ketones is 2. The molecule has 3 aromatic rings. The highest BCUT2D eigenvalue weighted by Crippen LogP contribution is 2.53. The lowest BCUT2D eigenvalue weighted by Crippen LogP contribution is -2.65. The van der Waals surface area contributed by atoms with E-state index >= 15 is 0 Å². The number of aliphatic hydroxyl groups is 3. The number of nitrogens with zero attached hydrogens (tertiary/aromatic N) is 3. The Bertz CT molecular complexity index is 1680. The summed E-state index contributed by atoms with van der Waals surface area (Å²) in [6.45, 7) is 0. The third-order valence-corrected chi connectivity index (χ3v) is 8.29. The van der Waals surface area contributed by atoms with Crippen LogP contribution in [0.15, 0.2) is 50.2 Å². The largest absolute Gasteiger partial charge is 0.508 e. The number of fused-ring (bicyclic) bond motifs is 5. The van der Waals surface area contributed by atoms with Crippen LogP contribution in [-0.2, 0) is 20.8 Å². The molecule has 3 aliphatic rings. The van der Waals surface area contributed by atoms with Gasteiger partial charge in [0.05, 0.1) is 17.9 Å². The van der Waals surface area contributed by atoms with Crippen LogP contribution in [0.3, 0.4) is 0 Å². The maximum absolute atomic E-state index is 14.1. The smallest absolute Gasteiger partial charge is 0.263 e. The molecular formula is C28H28N4O8. The minimum atomic E-state index is -2.65. The van der Waals surface area contributed by atoms with Crippen LogP contribution in [0.5, 0.6) is 0 Å². The lowest BCUT2D eigenvalue weighted by atomic mass is 9.57. The zero-order valence-corrected chi connectivity index (χ0v) is 22.3. The first-order chi connectivity index (χ1) is 18.9. The summed E-state index contributed by atoms with van der Waals surface area (Å²) in [6.07, 6.45) is 1.81. The van der Waals surface area contributed by atoms with E-state index in [1.54, 1.807) is 26.2 Å². The van der Waals surface area contributed by atoms with E-state index < -0.39 is 58.0 Å². The van der Waals surface area contributed by atoms with Gasteiger partial charge in [-0.15, -0.1) is 0 Å². The number of amides is 1. The Labute approximate surface area is 228 Å². The molecule has 2 aromatic heterocycles. The molecule has 1 amide bonds. The van der Waals surface area contributed by atoms with E-state index in [0.29, 0.717) is 16.8 Å². The summed E-state index contributed by atoms with van der Waals surface area (Å²) in [5.74, 6) is -5.69. The Morgan fingerprint density at radius 2 is 1.93 bits per heavy atom. The van der Waals surface area contributed by atoms with Gasteiger partial charge in [0, 0.05) is 31.3 Å². The maximum Gasteiger partial charge on any atom is 0.263 e. The van der Waals surface area contributed by atoms with Crippen LogP contribution in [-0.4, -0.2) is 82.5 Å². The molecule has 1 aromatic carbocycles. The molecule has 5 N–H and O–H groups in total. The predicted octanol–water partition coefficient (Wildman–Crippen LogP) is 1.73. The average molecular weight is 549 g/mol. The first-order valence-corrected chi connectivity index (χ1v) is 12.7. The number of likely N-dealkylation sites (N-methyl/N-ethyl adjacent to an activating group) is 1. The number of furan rings is 1. The summed E-state index contributed by atoms with van der Waals surface area (Å²) in [5, 5.41) is 34.6. The van der Waals surface area contributed by atoms with Crippen molar-refractivity contribution in [2.75, 3.05) is 33.1 Å². The van der Waals surface area contributed by atoms with Gasteiger partial charge in [0.25, 0.3) is 11.8 Å².